The largest absolute Gasteiger partial charge is 0.426 e. The summed E-state index contributed by atoms with van der Waals surface area (Å²) in [5.41, 5.74) is 1.59. The van der Waals surface area contributed by atoms with Gasteiger partial charge in [0.15, 0.2) is 0 Å². The molecule has 0 spiro atoms. The first kappa shape index (κ1) is 18.0. The molecule has 0 aliphatic heterocycles. The molecule has 0 bridgehead atoms. The van der Waals surface area contributed by atoms with E-state index in [4.69, 9.17) is 21.1 Å². The monoisotopic (exact) mass is 368 g/mol. The summed E-state index contributed by atoms with van der Waals surface area (Å²) in [6, 6.07) is 16.5. The maximum Gasteiger partial charge on any atom is 0.308 e. The van der Waals surface area contributed by atoms with Crippen LogP contribution in [0.1, 0.15) is 25.0 Å². The van der Waals surface area contributed by atoms with Crippen molar-refractivity contribution < 1.29 is 19.1 Å². The fraction of sp³-hybridized carbons (Fsp3) is 0.143. The molecule has 3 rings (SSSR count). The maximum absolute atomic E-state index is 11.7. The summed E-state index contributed by atoms with van der Waals surface area (Å²) in [4.78, 5) is 23.2. The van der Waals surface area contributed by atoms with E-state index in [1.807, 2.05) is 42.5 Å². The van der Waals surface area contributed by atoms with Crippen molar-refractivity contribution >= 4 is 34.3 Å². The van der Waals surface area contributed by atoms with Crippen molar-refractivity contribution in [2.24, 2.45) is 0 Å². The standard InChI is InChI=1S/C21H17ClO4/c1-13(23)25-20-12-16(11-15-7-3-6-10-19(15)22)21(26-14(2)24)18-9-5-4-8-17(18)20/h3-10,12H,11H2,1-2H3. The highest BCUT2D eigenvalue weighted by molar-refractivity contribution is 6.31. The van der Waals surface area contributed by atoms with Crippen molar-refractivity contribution in [3.8, 4) is 11.5 Å². The first-order chi connectivity index (χ1) is 12.5. The summed E-state index contributed by atoms with van der Waals surface area (Å²) < 4.78 is 10.9. The minimum atomic E-state index is -0.421. The lowest BCUT2D eigenvalue weighted by Crippen LogP contribution is -2.08. The third-order valence-corrected chi connectivity index (χ3v) is 4.24. The Morgan fingerprint density at radius 2 is 1.46 bits per heavy atom. The molecule has 3 aromatic carbocycles. The van der Waals surface area contributed by atoms with Crippen molar-refractivity contribution in [2.45, 2.75) is 20.3 Å². The van der Waals surface area contributed by atoms with E-state index < -0.39 is 11.9 Å². The number of hydrogen-bond donors (Lipinski definition) is 0. The number of benzene rings is 3. The van der Waals surface area contributed by atoms with Crippen molar-refractivity contribution in [1.82, 2.24) is 0 Å². The second kappa shape index (κ2) is 7.58. The fourth-order valence-electron chi connectivity index (χ4n) is 2.85. The van der Waals surface area contributed by atoms with Crippen LogP contribution in [0.15, 0.2) is 54.6 Å². The maximum atomic E-state index is 11.7. The van der Waals surface area contributed by atoms with Crippen LogP contribution >= 0.6 is 11.6 Å². The van der Waals surface area contributed by atoms with Gasteiger partial charge in [-0.1, -0.05) is 54.1 Å². The van der Waals surface area contributed by atoms with Crippen LogP contribution in [-0.4, -0.2) is 11.9 Å². The summed E-state index contributed by atoms with van der Waals surface area (Å²) in [5.74, 6) is 0.0323. The lowest BCUT2D eigenvalue weighted by atomic mass is 9.98. The molecule has 4 nitrogen and oxygen atoms in total. The van der Waals surface area contributed by atoms with Crippen molar-refractivity contribution in [2.75, 3.05) is 0 Å². The molecule has 0 saturated heterocycles. The molecule has 0 aliphatic rings. The molecule has 132 valence electrons. The highest BCUT2D eigenvalue weighted by atomic mass is 35.5. The molecular formula is C21H17ClO4. The summed E-state index contributed by atoms with van der Waals surface area (Å²) in [6.07, 6.45) is 0.432. The second-order valence-corrected chi connectivity index (χ2v) is 6.27. The lowest BCUT2D eigenvalue weighted by Gasteiger charge is -2.16. The Labute approximate surface area is 156 Å². The molecule has 5 heteroatoms. The van der Waals surface area contributed by atoms with Crippen LogP contribution in [0.2, 0.25) is 5.02 Å². The number of fused-ring (bicyclic) bond motifs is 1. The third kappa shape index (κ3) is 3.86. The van der Waals surface area contributed by atoms with E-state index in [9.17, 15) is 9.59 Å². The van der Waals surface area contributed by atoms with Crippen molar-refractivity contribution in [1.29, 1.82) is 0 Å². The predicted octanol–water partition coefficient (Wildman–Crippen LogP) is 4.93. The van der Waals surface area contributed by atoms with Gasteiger partial charge in [-0.25, -0.2) is 0 Å². The van der Waals surface area contributed by atoms with Crippen LogP contribution in [-0.2, 0) is 16.0 Å². The zero-order chi connectivity index (χ0) is 18.7. The first-order valence-electron chi connectivity index (χ1n) is 8.10. The van der Waals surface area contributed by atoms with Gasteiger partial charge in [-0.15, -0.1) is 0 Å². The van der Waals surface area contributed by atoms with Gasteiger partial charge in [0.05, 0.1) is 0 Å². The second-order valence-electron chi connectivity index (χ2n) is 5.86. The Morgan fingerprint density at radius 1 is 0.846 bits per heavy atom. The lowest BCUT2D eigenvalue weighted by molar-refractivity contribution is -0.133. The van der Waals surface area contributed by atoms with Gasteiger partial charge in [0, 0.05) is 41.6 Å². The van der Waals surface area contributed by atoms with Crippen LogP contribution in [0.3, 0.4) is 0 Å². The van der Waals surface area contributed by atoms with Gasteiger partial charge in [0.25, 0.3) is 0 Å². The highest BCUT2D eigenvalue weighted by Gasteiger charge is 2.18. The number of rotatable bonds is 4. The summed E-state index contributed by atoms with van der Waals surface area (Å²) in [5, 5.41) is 2.01. The van der Waals surface area contributed by atoms with Crippen LogP contribution in [0, 0.1) is 0 Å². The van der Waals surface area contributed by atoms with Gasteiger partial charge in [-0.05, 0) is 17.7 Å². The number of carbonyl (C=O) groups is 2. The number of carbonyl (C=O) groups excluding carboxylic acids is 2. The Morgan fingerprint density at radius 3 is 2.12 bits per heavy atom. The van der Waals surface area contributed by atoms with E-state index >= 15 is 0 Å². The zero-order valence-electron chi connectivity index (χ0n) is 14.4. The number of hydrogen-bond acceptors (Lipinski definition) is 4. The molecule has 0 saturated carbocycles. The first-order valence-corrected chi connectivity index (χ1v) is 8.48. The van der Waals surface area contributed by atoms with E-state index in [-0.39, 0.29) is 0 Å². The van der Waals surface area contributed by atoms with Crippen LogP contribution in [0.25, 0.3) is 10.8 Å². The summed E-state index contributed by atoms with van der Waals surface area (Å²) in [7, 11) is 0. The molecule has 0 radical (unpaired) electrons. The molecule has 0 unspecified atom stereocenters. The van der Waals surface area contributed by atoms with Gasteiger partial charge in [0.2, 0.25) is 0 Å². The molecule has 3 aromatic rings. The van der Waals surface area contributed by atoms with E-state index in [0.29, 0.717) is 39.3 Å². The number of ether oxygens (including phenoxy) is 2. The predicted molar refractivity (Wildman–Crippen MR) is 101 cm³/mol. The Kier molecular flexibility index (Phi) is 5.24. The Bertz CT molecular complexity index is 994. The topological polar surface area (TPSA) is 52.6 Å². The van der Waals surface area contributed by atoms with E-state index in [1.165, 1.54) is 13.8 Å². The van der Waals surface area contributed by atoms with Crippen LogP contribution < -0.4 is 9.47 Å². The van der Waals surface area contributed by atoms with Crippen molar-refractivity contribution in [3.63, 3.8) is 0 Å². The molecule has 0 aromatic heterocycles. The van der Waals surface area contributed by atoms with Gasteiger partial charge in [0.1, 0.15) is 11.5 Å². The molecule has 0 fully saturated rings. The minimum absolute atomic E-state index is 0.418. The van der Waals surface area contributed by atoms with Crippen LogP contribution in [0.5, 0.6) is 11.5 Å². The fourth-order valence-corrected chi connectivity index (χ4v) is 3.05. The van der Waals surface area contributed by atoms with Gasteiger partial charge < -0.3 is 9.47 Å². The molecule has 0 aliphatic carbocycles. The summed E-state index contributed by atoms with van der Waals surface area (Å²) in [6.45, 7) is 2.70. The van der Waals surface area contributed by atoms with Gasteiger partial charge in [-0.2, -0.15) is 0 Å². The highest BCUT2D eigenvalue weighted by Crippen LogP contribution is 2.38. The molecule has 26 heavy (non-hydrogen) atoms. The third-order valence-electron chi connectivity index (χ3n) is 3.87. The smallest absolute Gasteiger partial charge is 0.308 e. The van der Waals surface area contributed by atoms with Gasteiger partial charge in [-0.3, -0.25) is 9.59 Å². The normalized spacial score (nSPS) is 10.6. The number of esters is 2. The quantitative estimate of drug-likeness (QED) is 0.483. The summed E-state index contributed by atoms with van der Waals surface area (Å²) >= 11 is 6.28. The average Bonchev–Trinajstić information content (AvgIpc) is 2.59. The molecule has 0 atom stereocenters. The van der Waals surface area contributed by atoms with E-state index in [1.54, 1.807) is 12.1 Å². The molecular weight excluding hydrogens is 352 g/mol. The van der Waals surface area contributed by atoms with E-state index in [2.05, 4.69) is 0 Å². The minimum Gasteiger partial charge on any atom is -0.426 e. The molecule has 0 heterocycles. The molecule has 0 N–H and O–H groups in total. The molecule has 0 amide bonds. The number of halogens is 1. The Hall–Kier alpha value is -2.85. The van der Waals surface area contributed by atoms with Crippen LogP contribution in [0.4, 0.5) is 0 Å². The average molecular weight is 369 g/mol. The zero-order valence-corrected chi connectivity index (χ0v) is 15.2. The van der Waals surface area contributed by atoms with E-state index in [0.717, 1.165) is 5.56 Å². The SMILES string of the molecule is CC(=O)Oc1cc(Cc2ccccc2Cl)c(OC(C)=O)c2ccccc12. The van der Waals surface area contributed by atoms with Gasteiger partial charge >= 0.3 is 11.9 Å². The van der Waals surface area contributed by atoms with Crippen molar-refractivity contribution in [3.05, 3.63) is 70.7 Å². The Balaban J connectivity index is 2.22.